The van der Waals surface area contributed by atoms with Crippen LogP contribution < -0.4 is 0 Å². The molecule has 3 amide bonds. The molecule has 0 N–H and O–H groups in total. The molecule has 1 aromatic rings. The number of carbonyl (C=O) groups is 3. The van der Waals surface area contributed by atoms with Crippen LogP contribution in [0.5, 0.6) is 0 Å². The van der Waals surface area contributed by atoms with Crippen LogP contribution in [-0.2, 0) is 16.1 Å². The molecule has 0 aliphatic carbocycles. The molecule has 8 nitrogen and oxygen atoms in total. The largest absolute Gasteiger partial charge is 0.342 e. The van der Waals surface area contributed by atoms with Gasteiger partial charge in [0, 0.05) is 64.9 Å². The molecular formula is C19H27N5O3. The molecule has 146 valence electrons. The van der Waals surface area contributed by atoms with Gasteiger partial charge < -0.3 is 14.7 Å². The van der Waals surface area contributed by atoms with Crippen LogP contribution in [0.2, 0.25) is 0 Å². The van der Waals surface area contributed by atoms with Gasteiger partial charge in [-0.2, -0.15) is 5.10 Å². The van der Waals surface area contributed by atoms with Crippen LogP contribution in [0, 0.1) is 11.3 Å². The third-order valence-corrected chi connectivity index (χ3v) is 6.40. The Hall–Kier alpha value is -2.38. The monoisotopic (exact) mass is 373 g/mol. The maximum atomic E-state index is 13.4. The molecule has 2 atom stereocenters. The molecule has 0 spiro atoms. The van der Waals surface area contributed by atoms with E-state index in [4.69, 9.17) is 0 Å². The molecule has 0 aromatic carbocycles. The molecule has 3 aliphatic rings. The predicted octanol–water partition coefficient (Wildman–Crippen LogP) is 0.446. The SMILES string of the molecule is CCn1nccc1C(=O)N1C[C@@H]2CN(C(C)=O)C[C@]2(C(=O)N2CCCC2)C1. The van der Waals surface area contributed by atoms with Crippen LogP contribution in [0.4, 0.5) is 0 Å². The first-order valence-electron chi connectivity index (χ1n) is 9.82. The Morgan fingerprint density at radius 3 is 2.44 bits per heavy atom. The first-order valence-corrected chi connectivity index (χ1v) is 9.82. The number of carbonyl (C=O) groups excluding carboxylic acids is 3. The summed E-state index contributed by atoms with van der Waals surface area (Å²) in [6.07, 6.45) is 3.69. The van der Waals surface area contributed by atoms with Gasteiger partial charge in [-0.05, 0) is 25.8 Å². The molecular weight excluding hydrogens is 346 g/mol. The van der Waals surface area contributed by atoms with Crippen molar-refractivity contribution in [2.45, 2.75) is 33.2 Å². The van der Waals surface area contributed by atoms with E-state index < -0.39 is 5.41 Å². The number of hydrogen-bond acceptors (Lipinski definition) is 4. The smallest absolute Gasteiger partial charge is 0.272 e. The zero-order chi connectivity index (χ0) is 19.2. The number of fused-ring (bicyclic) bond motifs is 1. The standard InChI is InChI=1S/C19H27N5O3/c1-3-24-16(6-7-20-24)17(26)23-11-15-10-22(14(2)25)12-19(15,13-23)18(27)21-8-4-5-9-21/h6-7,15H,3-5,8-13H2,1-2H3/t15-,19-/m0/s1. The fourth-order valence-electron chi connectivity index (χ4n) is 4.93. The Morgan fingerprint density at radius 1 is 1.11 bits per heavy atom. The van der Waals surface area contributed by atoms with Gasteiger partial charge in [0.2, 0.25) is 11.8 Å². The van der Waals surface area contributed by atoms with Crippen molar-refractivity contribution in [1.29, 1.82) is 0 Å². The Bertz CT molecular complexity index is 769. The molecule has 3 aliphatic heterocycles. The summed E-state index contributed by atoms with van der Waals surface area (Å²) in [6, 6.07) is 1.73. The van der Waals surface area contributed by atoms with E-state index >= 15 is 0 Å². The Balaban J connectivity index is 1.61. The number of hydrogen-bond donors (Lipinski definition) is 0. The molecule has 0 unspecified atom stereocenters. The number of amides is 3. The van der Waals surface area contributed by atoms with E-state index in [1.807, 2.05) is 11.8 Å². The second-order valence-corrected chi connectivity index (χ2v) is 7.97. The third-order valence-electron chi connectivity index (χ3n) is 6.40. The number of rotatable bonds is 3. The van der Waals surface area contributed by atoms with E-state index in [1.165, 1.54) is 0 Å². The van der Waals surface area contributed by atoms with Crippen molar-refractivity contribution in [3.63, 3.8) is 0 Å². The topological polar surface area (TPSA) is 78.8 Å². The molecule has 3 saturated heterocycles. The highest BCUT2D eigenvalue weighted by atomic mass is 16.2. The summed E-state index contributed by atoms with van der Waals surface area (Å²) < 4.78 is 1.69. The number of likely N-dealkylation sites (tertiary alicyclic amines) is 3. The minimum atomic E-state index is -0.664. The lowest BCUT2D eigenvalue weighted by molar-refractivity contribution is -0.141. The maximum Gasteiger partial charge on any atom is 0.272 e. The summed E-state index contributed by atoms with van der Waals surface area (Å²) in [6.45, 7) is 7.55. The van der Waals surface area contributed by atoms with Crippen LogP contribution in [0.25, 0.3) is 0 Å². The molecule has 27 heavy (non-hydrogen) atoms. The summed E-state index contributed by atoms with van der Waals surface area (Å²) in [5, 5.41) is 4.19. The van der Waals surface area contributed by atoms with E-state index in [9.17, 15) is 14.4 Å². The van der Waals surface area contributed by atoms with Gasteiger partial charge in [0.1, 0.15) is 5.69 Å². The molecule has 4 heterocycles. The first-order chi connectivity index (χ1) is 13.0. The van der Waals surface area contributed by atoms with Gasteiger partial charge in [-0.15, -0.1) is 0 Å². The van der Waals surface area contributed by atoms with Gasteiger partial charge in [0.15, 0.2) is 0 Å². The average Bonchev–Trinajstić information content (AvgIpc) is 3.42. The summed E-state index contributed by atoms with van der Waals surface area (Å²) in [4.78, 5) is 44.0. The highest BCUT2D eigenvalue weighted by molar-refractivity contribution is 5.94. The van der Waals surface area contributed by atoms with E-state index in [0.717, 1.165) is 25.9 Å². The molecule has 0 saturated carbocycles. The fraction of sp³-hybridized carbons (Fsp3) is 0.684. The maximum absolute atomic E-state index is 13.4. The predicted molar refractivity (Wildman–Crippen MR) is 97.8 cm³/mol. The quantitative estimate of drug-likeness (QED) is 0.770. The minimum absolute atomic E-state index is 0.0000622. The number of aromatic nitrogens is 2. The zero-order valence-corrected chi connectivity index (χ0v) is 16.1. The molecule has 3 fully saturated rings. The van der Waals surface area contributed by atoms with Crippen molar-refractivity contribution < 1.29 is 14.4 Å². The summed E-state index contributed by atoms with van der Waals surface area (Å²) >= 11 is 0. The Morgan fingerprint density at radius 2 is 1.78 bits per heavy atom. The normalized spacial score (nSPS) is 27.3. The van der Waals surface area contributed by atoms with Crippen LogP contribution in [0.15, 0.2) is 12.3 Å². The summed E-state index contributed by atoms with van der Waals surface area (Å²) in [5.74, 6) is 0.0381. The van der Waals surface area contributed by atoms with E-state index in [-0.39, 0.29) is 23.6 Å². The molecule has 0 bridgehead atoms. The second kappa shape index (κ2) is 6.65. The van der Waals surface area contributed by atoms with Crippen molar-refractivity contribution in [1.82, 2.24) is 24.5 Å². The Labute approximate surface area is 159 Å². The second-order valence-electron chi connectivity index (χ2n) is 7.97. The lowest BCUT2D eigenvalue weighted by atomic mass is 9.79. The van der Waals surface area contributed by atoms with E-state index in [0.29, 0.717) is 38.4 Å². The van der Waals surface area contributed by atoms with Gasteiger partial charge in [-0.1, -0.05) is 0 Å². The third kappa shape index (κ3) is 2.82. The van der Waals surface area contributed by atoms with Crippen molar-refractivity contribution in [2.75, 3.05) is 39.3 Å². The summed E-state index contributed by atoms with van der Waals surface area (Å²) in [5.41, 5.74) is -0.104. The molecule has 8 heteroatoms. The van der Waals surface area contributed by atoms with Crippen LogP contribution in [-0.4, -0.2) is 81.5 Å². The fourth-order valence-corrected chi connectivity index (χ4v) is 4.93. The lowest BCUT2D eigenvalue weighted by Crippen LogP contribution is -2.49. The molecule has 1 aromatic heterocycles. The van der Waals surface area contributed by atoms with Crippen molar-refractivity contribution in [3.05, 3.63) is 18.0 Å². The number of nitrogens with zero attached hydrogens (tertiary/aromatic N) is 5. The minimum Gasteiger partial charge on any atom is -0.342 e. The van der Waals surface area contributed by atoms with Crippen LogP contribution in [0.1, 0.15) is 37.2 Å². The highest BCUT2D eigenvalue weighted by Gasteiger charge is 2.60. The van der Waals surface area contributed by atoms with E-state index in [2.05, 4.69) is 5.10 Å². The average molecular weight is 373 g/mol. The van der Waals surface area contributed by atoms with Crippen molar-refractivity contribution in [3.8, 4) is 0 Å². The van der Waals surface area contributed by atoms with Gasteiger partial charge in [-0.25, -0.2) is 0 Å². The van der Waals surface area contributed by atoms with Gasteiger partial charge in [-0.3, -0.25) is 19.1 Å². The van der Waals surface area contributed by atoms with Crippen molar-refractivity contribution in [2.24, 2.45) is 11.3 Å². The summed E-state index contributed by atoms with van der Waals surface area (Å²) in [7, 11) is 0. The van der Waals surface area contributed by atoms with Gasteiger partial charge in [0.25, 0.3) is 5.91 Å². The number of aryl methyl sites for hydroxylation is 1. The van der Waals surface area contributed by atoms with E-state index in [1.54, 1.807) is 33.7 Å². The van der Waals surface area contributed by atoms with Crippen LogP contribution in [0.3, 0.4) is 0 Å². The molecule has 4 rings (SSSR count). The van der Waals surface area contributed by atoms with Crippen molar-refractivity contribution >= 4 is 17.7 Å². The first kappa shape index (κ1) is 18.0. The Kier molecular flexibility index (Phi) is 4.44. The zero-order valence-electron chi connectivity index (χ0n) is 16.1. The van der Waals surface area contributed by atoms with Crippen LogP contribution >= 0.6 is 0 Å². The van der Waals surface area contributed by atoms with Gasteiger partial charge in [0.05, 0.1) is 5.41 Å². The lowest BCUT2D eigenvalue weighted by Gasteiger charge is -2.32. The highest BCUT2D eigenvalue weighted by Crippen LogP contribution is 2.45. The van der Waals surface area contributed by atoms with Gasteiger partial charge >= 0.3 is 0 Å². The molecule has 0 radical (unpaired) electrons.